The summed E-state index contributed by atoms with van der Waals surface area (Å²) >= 11 is 9.42. The van der Waals surface area contributed by atoms with Crippen LogP contribution < -0.4 is 7.63 Å². The summed E-state index contributed by atoms with van der Waals surface area (Å²) in [5.74, 6) is 0.626. The van der Waals surface area contributed by atoms with Crippen LogP contribution in [0, 0.1) is 6.92 Å². The third-order valence-corrected chi connectivity index (χ3v) is 35.4. The van der Waals surface area contributed by atoms with Crippen LogP contribution in [0.25, 0.3) is 9.75 Å². The minimum atomic E-state index is -2.69. The van der Waals surface area contributed by atoms with Crippen molar-refractivity contribution < 1.29 is 19.1 Å². The molecule has 7 rings (SSSR count). The van der Waals surface area contributed by atoms with Crippen molar-refractivity contribution in [2.75, 3.05) is 19.8 Å². The van der Waals surface area contributed by atoms with Crippen LogP contribution in [-0.2, 0) is 23.2 Å². The number of fused-ring (bicyclic) bond motifs is 4. The predicted molar refractivity (Wildman–Crippen MR) is 274 cm³/mol. The van der Waals surface area contributed by atoms with Crippen molar-refractivity contribution in [2.45, 2.75) is 138 Å². The summed E-state index contributed by atoms with van der Waals surface area (Å²) in [6, 6.07) is 23.9. The van der Waals surface area contributed by atoms with Crippen molar-refractivity contribution in [1.82, 2.24) is 4.90 Å². The van der Waals surface area contributed by atoms with Gasteiger partial charge < -0.3 is 4.74 Å². The molecule has 0 unspecified atom stereocenters. The Balaban J connectivity index is 0.000000297. The van der Waals surface area contributed by atoms with Crippen LogP contribution in [0.4, 0.5) is 0 Å². The molecule has 5 nitrogen and oxygen atoms in total. The standard InChI is InChI=1S/C28H27OS2.C11H11Br2NO3S.3C4H9.Sn/c1-4-6-20-8-12-22(13-9-20)28(23-14-10-21(7-5-2)11-15-23)24-16-17-30-26(24)27-25(29-28)18-19(3)31-27;1-2-17-5-3-4-14-10(15)6-7(11(14)16)9(13)18-8(6)12;3*1-3-4-2;/h8-16,18H,4-7H2,1-3H3;2-5H2,1H3;3*1,3-4H2,2H3;. The second-order valence-electron chi connectivity index (χ2n) is 16.9. The third kappa shape index (κ3) is 10.6. The van der Waals surface area contributed by atoms with Crippen LogP contribution in [0.2, 0.25) is 13.3 Å². The van der Waals surface area contributed by atoms with Crippen LogP contribution >= 0.6 is 65.9 Å². The van der Waals surface area contributed by atoms with E-state index in [1.807, 2.05) is 18.3 Å². The van der Waals surface area contributed by atoms with E-state index in [-0.39, 0.29) is 11.8 Å². The number of carbonyl (C=O) groups is 2. The second kappa shape index (κ2) is 23.1. The number of unbranched alkanes of at least 4 members (excludes halogenated alkanes) is 3. The summed E-state index contributed by atoms with van der Waals surface area (Å²) in [7, 11) is 0. The molecule has 334 valence electrons. The largest absolute Gasteiger partial charge is 0.382 e. The van der Waals surface area contributed by atoms with Crippen molar-refractivity contribution in [2.24, 2.45) is 0 Å². The third-order valence-electron chi connectivity index (χ3n) is 12.4. The van der Waals surface area contributed by atoms with Crippen molar-refractivity contribution in [3.63, 3.8) is 0 Å². The van der Waals surface area contributed by atoms with Gasteiger partial charge in [-0.25, -0.2) is 0 Å². The van der Waals surface area contributed by atoms with Crippen molar-refractivity contribution in [3.05, 3.63) is 112 Å². The van der Waals surface area contributed by atoms with E-state index in [1.54, 1.807) is 2.89 Å². The Labute approximate surface area is 404 Å². The number of carbonyl (C=O) groups excluding carboxylic acids is 2. The summed E-state index contributed by atoms with van der Waals surface area (Å²) < 4.78 is 20.3. The zero-order chi connectivity index (χ0) is 44.4. The van der Waals surface area contributed by atoms with Gasteiger partial charge in [-0.1, -0.05) is 0 Å². The van der Waals surface area contributed by atoms with E-state index >= 15 is 0 Å². The van der Waals surface area contributed by atoms with E-state index in [2.05, 4.69) is 145 Å². The molecule has 5 aromatic rings. The number of imide groups is 1. The number of hydrogen-bond acceptors (Lipinski definition) is 7. The van der Waals surface area contributed by atoms with Gasteiger partial charge in [0.1, 0.15) is 0 Å². The molecule has 0 bridgehead atoms. The van der Waals surface area contributed by atoms with E-state index < -0.39 is 24.0 Å². The van der Waals surface area contributed by atoms with Crippen LogP contribution in [0.5, 0.6) is 5.75 Å². The van der Waals surface area contributed by atoms with Crippen LogP contribution in [0.3, 0.4) is 0 Å². The Hall–Kier alpha value is -1.80. The number of nitrogens with zero attached hydrogens (tertiary/aromatic N) is 1. The molecular weight excluding hydrogens is 1070 g/mol. The number of benzene rings is 2. The zero-order valence-electron chi connectivity index (χ0n) is 37.9. The Morgan fingerprint density at radius 2 is 1.18 bits per heavy atom. The van der Waals surface area contributed by atoms with E-state index in [0.717, 1.165) is 31.4 Å². The van der Waals surface area contributed by atoms with Gasteiger partial charge in [-0.05, 0) is 45.2 Å². The zero-order valence-corrected chi connectivity index (χ0v) is 46.3. The molecular formula is C51H65Br2NO4S3Sn. The molecule has 0 saturated carbocycles. The smallest absolute Gasteiger partial charge is 0.263 e. The SMILES string of the molecule is CCC[CH2][Sn]([CH2]CCC)([CH2]CCC)[c]1cc2c(s1)-c1sc(C)cc1OC2(c1ccc(CCC)cc1)c1ccc(CCC)cc1.CCOCCCN1C(=O)c2c(Br)sc(Br)c2C1=O. The van der Waals surface area contributed by atoms with Gasteiger partial charge >= 0.3 is 282 Å². The van der Waals surface area contributed by atoms with Gasteiger partial charge in [0.05, 0.1) is 18.7 Å². The normalized spacial score (nSPS) is 14.0. The second-order valence-corrected chi connectivity index (χ2v) is 37.0. The minimum Gasteiger partial charge on any atom is -0.382 e. The predicted octanol–water partition coefficient (Wildman–Crippen LogP) is 15.7. The van der Waals surface area contributed by atoms with Crippen LogP contribution in [-0.4, -0.2) is 54.8 Å². The van der Waals surface area contributed by atoms with Crippen molar-refractivity contribution in [3.8, 4) is 15.5 Å². The molecule has 2 aromatic carbocycles. The fourth-order valence-electron chi connectivity index (χ4n) is 9.10. The molecule has 0 fully saturated rings. The molecule has 2 aliphatic rings. The molecule has 2 amide bonds. The first kappa shape index (κ1) is 49.6. The molecule has 0 atom stereocenters. The summed E-state index contributed by atoms with van der Waals surface area (Å²) in [5.41, 5.74) is 7.07. The maximum atomic E-state index is 12.1. The molecule has 0 N–H and O–H groups in total. The molecule has 11 heteroatoms. The van der Waals surface area contributed by atoms with Gasteiger partial charge in [0.2, 0.25) is 0 Å². The van der Waals surface area contributed by atoms with Crippen LogP contribution in [0.15, 0.2) is 68.2 Å². The van der Waals surface area contributed by atoms with E-state index in [9.17, 15) is 9.59 Å². The molecule has 62 heavy (non-hydrogen) atoms. The molecule has 5 heterocycles. The monoisotopic (exact) mass is 1130 g/mol. The topological polar surface area (TPSA) is 55.8 Å². The van der Waals surface area contributed by atoms with E-state index in [4.69, 9.17) is 9.47 Å². The molecule has 0 aliphatic carbocycles. The maximum Gasteiger partial charge on any atom is 0.263 e. The van der Waals surface area contributed by atoms with Gasteiger partial charge in [-0.3, -0.25) is 14.5 Å². The van der Waals surface area contributed by atoms with Gasteiger partial charge in [0, 0.05) is 19.8 Å². The number of rotatable bonds is 21. The fraction of sp³-hybridized carbons (Fsp3) is 0.490. The number of aryl methyl sites for hydroxylation is 3. The summed E-state index contributed by atoms with van der Waals surface area (Å²) in [6.07, 6.45) is 13.3. The summed E-state index contributed by atoms with van der Waals surface area (Å²) in [6.45, 7) is 17.5. The van der Waals surface area contributed by atoms with E-state index in [0.29, 0.717) is 44.9 Å². The summed E-state index contributed by atoms with van der Waals surface area (Å²) in [5, 5.41) is 0. The fourth-order valence-corrected chi connectivity index (χ4v) is 33.6. The number of thiophene rings is 3. The number of ether oxygens (including phenoxy) is 2. The number of halogens is 2. The molecule has 0 saturated heterocycles. The maximum absolute atomic E-state index is 12.1. The summed E-state index contributed by atoms with van der Waals surface area (Å²) in [4.78, 5) is 29.7. The molecule has 0 spiro atoms. The number of amides is 2. The first-order chi connectivity index (χ1) is 30.0. The Morgan fingerprint density at radius 3 is 1.65 bits per heavy atom. The van der Waals surface area contributed by atoms with Crippen molar-refractivity contribution in [1.29, 1.82) is 0 Å². The average molecular weight is 1130 g/mol. The quantitative estimate of drug-likeness (QED) is 0.0417. The first-order valence-electron chi connectivity index (χ1n) is 23.1. The Kier molecular flexibility index (Phi) is 18.5. The van der Waals surface area contributed by atoms with Crippen molar-refractivity contribution >= 4 is 99.0 Å². The van der Waals surface area contributed by atoms with Gasteiger partial charge in [0.15, 0.2) is 0 Å². The Morgan fingerprint density at radius 1 is 0.661 bits per heavy atom. The van der Waals surface area contributed by atoms with Gasteiger partial charge in [-0.2, -0.15) is 0 Å². The van der Waals surface area contributed by atoms with Crippen LogP contribution in [0.1, 0.15) is 153 Å². The van der Waals surface area contributed by atoms with E-state index in [1.165, 1.54) is 111 Å². The molecule has 0 radical (unpaired) electrons. The number of hydrogen-bond donors (Lipinski definition) is 0. The first-order valence-corrected chi connectivity index (χ1v) is 34.6. The average Bonchev–Trinajstić information content (AvgIpc) is 4.03. The molecule has 2 aliphatic heterocycles. The Bertz CT molecular complexity index is 2150. The van der Waals surface area contributed by atoms with Gasteiger partial charge in [-0.15, -0.1) is 11.3 Å². The van der Waals surface area contributed by atoms with Gasteiger partial charge in [0.25, 0.3) is 11.8 Å². The minimum absolute atomic E-state index is 0.222. The molecule has 3 aromatic heterocycles.